The molecule has 1 aliphatic rings. The molecule has 104 valence electrons. The van der Waals surface area contributed by atoms with Crippen LogP contribution in [0, 0.1) is 11.8 Å². The molecule has 19 heavy (non-hydrogen) atoms. The van der Waals surface area contributed by atoms with Gasteiger partial charge in [-0.2, -0.15) is 0 Å². The topological polar surface area (TPSA) is 80.7 Å². The monoisotopic (exact) mass is 263 g/mol. The van der Waals surface area contributed by atoms with Crippen molar-refractivity contribution in [3.05, 3.63) is 24.0 Å². The Morgan fingerprint density at radius 2 is 2.21 bits per heavy atom. The molecule has 1 fully saturated rings. The van der Waals surface area contributed by atoms with Gasteiger partial charge in [0.25, 0.3) is 0 Å². The Morgan fingerprint density at radius 1 is 1.42 bits per heavy atom. The molecule has 0 amide bonds. The minimum Gasteiger partial charge on any atom is -0.488 e. The molecule has 0 aliphatic heterocycles. The molecule has 1 aromatic rings. The van der Waals surface area contributed by atoms with Gasteiger partial charge in [-0.15, -0.1) is 0 Å². The highest BCUT2D eigenvalue weighted by atomic mass is 16.5. The van der Waals surface area contributed by atoms with E-state index in [0.29, 0.717) is 17.4 Å². The van der Waals surface area contributed by atoms with Crippen molar-refractivity contribution >= 4 is 5.84 Å². The van der Waals surface area contributed by atoms with Crippen molar-refractivity contribution in [1.82, 2.24) is 4.98 Å². The third-order valence-corrected chi connectivity index (χ3v) is 3.96. The van der Waals surface area contributed by atoms with Gasteiger partial charge >= 0.3 is 0 Å². The molecule has 0 aromatic carbocycles. The first-order valence-electron chi connectivity index (χ1n) is 6.71. The number of rotatable bonds is 3. The van der Waals surface area contributed by atoms with E-state index >= 15 is 0 Å². The molecule has 5 nitrogen and oxygen atoms in total. The fourth-order valence-electron chi connectivity index (χ4n) is 2.51. The zero-order chi connectivity index (χ0) is 13.8. The summed E-state index contributed by atoms with van der Waals surface area (Å²) in [7, 11) is 0. The Kier molecular flexibility index (Phi) is 4.24. The van der Waals surface area contributed by atoms with Gasteiger partial charge in [0.05, 0.1) is 6.10 Å². The standard InChI is InChI=1S/C14H21N3O2/c1-9-5-6-11(8-10(9)2)19-12-4-3-7-16-13(12)14(15)17-18/h3-4,7,9-11,18H,5-6,8H2,1-2H3,(H2,15,17). The van der Waals surface area contributed by atoms with Crippen LogP contribution in [0.4, 0.5) is 0 Å². The molecule has 2 rings (SSSR count). The molecular formula is C14H21N3O2. The van der Waals surface area contributed by atoms with Crippen molar-refractivity contribution in [2.75, 3.05) is 0 Å². The third-order valence-electron chi connectivity index (χ3n) is 3.96. The maximum atomic E-state index is 8.76. The third kappa shape index (κ3) is 3.16. The van der Waals surface area contributed by atoms with Gasteiger partial charge in [0, 0.05) is 6.20 Å². The summed E-state index contributed by atoms with van der Waals surface area (Å²) in [5.41, 5.74) is 6.01. The Labute approximate surface area is 113 Å². The van der Waals surface area contributed by atoms with Crippen molar-refractivity contribution in [1.29, 1.82) is 0 Å². The molecule has 3 unspecified atom stereocenters. The van der Waals surface area contributed by atoms with Crippen LogP contribution < -0.4 is 10.5 Å². The molecule has 3 N–H and O–H groups in total. The lowest BCUT2D eigenvalue weighted by molar-refractivity contribution is 0.100. The van der Waals surface area contributed by atoms with E-state index in [1.165, 1.54) is 6.42 Å². The zero-order valence-electron chi connectivity index (χ0n) is 11.4. The maximum Gasteiger partial charge on any atom is 0.192 e. The van der Waals surface area contributed by atoms with Crippen LogP contribution in [0.25, 0.3) is 0 Å². The van der Waals surface area contributed by atoms with Gasteiger partial charge in [-0.05, 0) is 43.2 Å². The Morgan fingerprint density at radius 3 is 2.89 bits per heavy atom. The first-order valence-corrected chi connectivity index (χ1v) is 6.71. The lowest BCUT2D eigenvalue weighted by Gasteiger charge is -2.32. The summed E-state index contributed by atoms with van der Waals surface area (Å²) in [6.07, 6.45) is 5.03. The number of nitrogens with two attached hydrogens (primary N) is 1. The van der Waals surface area contributed by atoms with E-state index in [0.717, 1.165) is 18.8 Å². The maximum absolute atomic E-state index is 8.76. The number of nitrogens with zero attached hydrogens (tertiary/aromatic N) is 2. The smallest absolute Gasteiger partial charge is 0.192 e. The average Bonchev–Trinajstić information content (AvgIpc) is 2.43. The van der Waals surface area contributed by atoms with Gasteiger partial charge in [-0.1, -0.05) is 19.0 Å². The molecule has 1 aromatic heterocycles. The molecule has 5 heteroatoms. The predicted octanol–water partition coefficient (Wildman–Crippen LogP) is 2.38. The SMILES string of the molecule is CC1CCC(Oc2cccnc2/C(N)=N/O)CC1C. The predicted molar refractivity (Wildman–Crippen MR) is 73.3 cm³/mol. The molecular weight excluding hydrogens is 242 g/mol. The zero-order valence-corrected chi connectivity index (χ0v) is 11.4. The highest BCUT2D eigenvalue weighted by molar-refractivity contribution is 5.97. The fourth-order valence-corrected chi connectivity index (χ4v) is 2.51. The van der Waals surface area contributed by atoms with Crippen LogP contribution in [0.5, 0.6) is 5.75 Å². The van der Waals surface area contributed by atoms with Gasteiger partial charge in [-0.25, -0.2) is 4.98 Å². The van der Waals surface area contributed by atoms with E-state index in [1.807, 2.05) is 6.07 Å². The summed E-state index contributed by atoms with van der Waals surface area (Å²) in [6, 6.07) is 3.60. The molecule has 1 heterocycles. The highest BCUT2D eigenvalue weighted by Crippen LogP contribution is 2.32. The summed E-state index contributed by atoms with van der Waals surface area (Å²) in [4.78, 5) is 4.11. The van der Waals surface area contributed by atoms with Crippen molar-refractivity contribution in [3.63, 3.8) is 0 Å². The van der Waals surface area contributed by atoms with Gasteiger partial charge in [0.2, 0.25) is 0 Å². The second-order valence-electron chi connectivity index (χ2n) is 5.34. The van der Waals surface area contributed by atoms with E-state index in [4.69, 9.17) is 15.7 Å². The van der Waals surface area contributed by atoms with E-state index < -0.39 is 0 Å². The number of oxime groups is 1. The van der Waals surface area contributed by atoms with Gasteiger partial charge in [-0.3, -0.25) is 0 Å². The van der Waals surface area contributed by atoms with E-state index in [1.54, 1.807) is 12.3 Å². The lowest BCUT2D eigenvalue weighted by Crippen LogP contribution is -2.29. The quantitative estimate of drug-likeness (QED) is 0.380. The number of pyridine rings is 1. The van der Waals surface area contributed by atoms with Crippen molar-refractivity contribution in [3.8, 4) is 5.75 Å². The van der Waals surface area contributed by atoms with Gasteiger partial charge in [0.15, 0.2) is 11.5 Å². The van der Waals surface area contributed by atoms with Crippen LogP contribution >= 0.6 is 0 Å². The van der Waals surface area contributed by atoms with E-state index in [2.05, 4.69) is 24.0 Å². The Balaban J connectivity index is 2.11. The van der Waals surface area contributed by atoms with Crippen LogP contribution in [0.2, 0.25) is 0 Å². The molecule has 3 atom stereocenters. The van der Waals surface area contributed by atoms with E-state index in [9.17, 15) is 0 Å². The number of amidine groups is 1. The van der Waals surface area contributed by atoms with Crippen LogP contribution in [-0.4, -0.2) is 22.1 Å². The molecule has 1 saturated carbocycles. The van der Waals surface area contributed by atoms with Gasteiger partial charge in [0.1, 0.15) is 5.75 Å². The summed E-state index contributed by atoms with van der Waals surface area (Å²) in [5, 5.41) is 11.8. The van der Waals surface area contributed by atoms with E-state index in [-0.39, 0.29) is 11.9 Å². The molecule has 0 spiro atoms. The lowest BCUT2D eigenvalue weighted by atomic mass is 9.80. The Hall–Kier alpha value is -1.78. The largest absolute Gasteiger partial charge is 0.488 e. The first-order chi connectivity index (χ1) is 9.11. The van der Waals surface area contributed by atoms with Crippen molar-refractivity contribution < 1.29 is 9.94 Å². The minimum absolute atomic E-state index is 0.0205. The summed E-state index contributed by atoms with van der Waals surface area (Å²) in [6.45, 7) is 4.54. The second-order valence-corrected chi connectivity index (χ2v) is 5.34. The molecule has 0 radical (unpaired) electrons. The first kappa shape index (κ1) is 13.6. The fraction of sp³-hybridized carbons (Fsp3) is 0.571. The Bertz CT molecular complexity index is 462. The molecule has 0 saturated heterocycles. The van der Waals surface area contributed by atoms with Crippen molar-refractivity contribution in [2.24, 2.45) is 22.7 Å². The minimum atomic E-state index is -0.0205. The number of aromatic nitrogens is 1. The normalized spacial score (nSPS) is 28.1. The number of hydrogen-bond donors (Lipinski definition) is 2. The molecule has 1 aliphatic carbocycles. The summed E-state index contributed by atoms with van der Waals surface area (Å²) < 4.78 is 5.99. The average molecular weight is 263 g/mol. The molecule has 0 bridgehead atoms. The van der Waals surface area contributed by atoms with Crippen LogP contribution in [0.1, 0.15) is 38.8 Å². The number of hydrogen-bond acceptors (Lipinski definition) is 4. The summed E-state index contributed by atoms with van der Waals surface area (Å²) in [5.74, 6) is 1.97. The number of ether oxygens (including phenoxy) is 1. The highest BCUT2D eigenvalue weighted by Gasteiger charge is 2.26. The van der Waals surface area contributed by atoms with Crippen LogP contribution in [0.15, 0.2) is 23.5 Å². The van der Waals surface area contributed by atoms with Crippen molar-refractivity contribution in [2.45, 2.75) is 39.2 Å². The van der Waals surface area contributed by atoms with Crippen LogP contribution in [-0.2, 0) is 0 Å². The second kappa shape index (κ2) is 5.91. The summed E-state index contributed by atoms with van der Waals surface area (Å²) >= 11 is 0. The van der Waals surface area contributed by atoms with Crippen LogP contribution in [0.3, 0.4) is 0 Å². The van der Waals surface area contributed by atoms with Gasteiger partial charge < -0.3 is 15.7 Å².